The molecule has 0 saturated carbocycles. The summed E-state index contributed by atoms with van der Waals surface area (Å²) in [6.07, 6.45) is 0. The summed E-state index contributed by atoms with van der Waals surface area (Å²) in [6, 6.07) is 19.5. The number of hydrogen-bond acceptors (Lipinski definition) is 5. The molecule has 0 saturated heterocycles. The third-order valence-electron chi connectivity index (χ3n) is 3.55. The van der Waals surface area contributed by atoms with E-state index in [1.54, 1.807) is 0 Å². The van der Waals surface area contributed by atoms with Crippen molar-refractivity contribution in [1.29, 1.82) is 0 Å². The summed E-state index contributed by atoms with van der Waals surface area (Å²) in [5, 5.41) is 16.0. The van der Waals surface area contributed by atoms with Gasteiger partial charge < -0.3 is 15.7 Å². The lowest BCUT2D eigenvalue weighted by atomic mass is 10.1. The maximum absolute atomic E-state index is 9.02. The zero-order chi connectivity index (χ0) is 17.5. The van der Waals surface area contributed by atoms with Gasteiger partial charge in [0.05, 0.1) is 12.3 Å². The van der Waals surface area contributed by atoms with Crippen molar-refractivity contribution in [2.75, 3.05) is 23.8 Å². The molecule has 0 radical (unpaired) electrons. The molecule has 3 aromatic rings. The number of nitrogens with one attached hydrogen (secondary N) is 2. The largest absolute Gasteiger partial charge is 0.395 e. The van der Waals surface area contributed by atoms with Gasteiger partial charge in [0, 0.05) is 29.7 Å². The van der Waals surface area contributed by atoms with Crippen molar-refractivity contribution in [3.05, 3.63) is 71.2 Å². The van der Waals surface area contributed by atoms with E-state index in [0.29, 0.717) is 29.9 Å². The molecule has 0 amide bonds. The fraction of sp³-hybridized carbons (Fsp3) is 0.158. The highest BCUT2D eigenvalue weighted by Gasteiger charge is 2.07. The monoisotopic (exact) mass is 354 g/mol. The van der Waals surface area contributed by atoms with E-state index in [2.05, 4.69) is 20.6 Å². The van der Waals surface area contributed by atoms with Gasteiger partial charge in [-0.15, -0.1) is 0 Å². The highest BCUT2D eigenvalue weighted by molar-refractivity contribution is 6.30. The minimum absolute atomic E-state index is 0.0181. The maximum Gasteiger partial charge on any atom is 0.225 e. The number of anilines is 2. The number of benzene rings is 2. The van der Waals surface area contributed by atoms with Crippen molar-refractivity contribution in [2.45, 2.75) is 6.54 Å². The molecule has 2 aromatic carbocycles. The summed E-state index contributed by atoms with van der Waals surface area (Å²) in [6.45, 7) is 1.02. The van der Waals surface area contributed by atoms with Crippen LogP contribution in [-0.2, 0) is 6.54 Å². The number of halogens is 1. The average Bonchev–Trinajstić information content (AvgIpc) is 2.65. The molecule has 0 aliphatic rings. The molecule has 5 nitrogen and oxygen atoms in total. The van der Waals surface area contributed by atoms with Gasteiger partial charge in [0.15, 0.2) is 0 Å². The Hall–Kier alpha value is -2.63. The lowest BCUT2D eigenvalue weighted by Gasteiger charge is -2.11. The van der Waals surface area contributed by atoms with Gasteiger partial charge in [-0.2, -0.15) is 4.98 Å². The predicted octanol–water partition coefficient (Wildman–Crippen LogP) is 3.81. The van der Waals surface area contributed by atoms with Crippen LogP contribution in [0.4, 0.5) is 11.8 Å². The molecule has 6 heteroatoms. The maximum atomic E-state index is 9.02. The molecule has 1 aromatic heterocycles. The van der Waals surface area contributed by atoms with Crippen LogP contribution in [0.1, 0.15) is 5.56 Å². The van der Waals surface area contributed by atoms with Crippen LogP contribution >= 0.6 is 11.6 Å². The van der Waals surface area contributed by atoms with Crippen LogP contribution in [0.3, 0.4) is 0 Å². The van der Waals surface area contributed by atoms with E-state index in [1.165, 1.54) is 0 Å². The van der Waals surface area contributed by atoms with Crippen LogP contribution in [0.15, 0.2) is 60.7 Å². The Morgan fingerprint density at radius 1 is 0.920 bits per heavy atom. The molecule has 0 bridgehead atoms. The van der Waals surface area contributed by atoms with Gasteiger partial charge in [-0.05, 0) is 17.7 Å². The van der Waals surface area contributed by atoms with Gasteiger partial charge in [-0.3, -0.25) is 0 Å². The van der Waals surface area contributed by atoms with Crippen molar-refractivity contribution in [3.8, 4) is 11.3 Å². The summed E-state index contributed by atoms with van der Waals surface area (Å²) < 4.78 is 0. The minimum atomic E-state index is 0.0181. The van der Waals surface area contributed by atoms with Crippen LogP contribution in [0.5, 0.6) is 0 Å². The average molecular weight is 355 g/mol. The van der Waals surface area contributed by atoms with E-state index in [0.717, 1.165) is 16.8 Å². The number of rotatable bonds is 7. The number of aromatic nitrogens is 2. The quantitative estimate of drug-likeness (QED) is 0.602. The normalized spacial score (nSPS) is 10.5. The molecule has 0 aliphatic carbocycles. The number of hydrogen-bond donors (Lipinski definition) is 3. The molecular weight excluding hydrogens is 336 g/mol. The summed E-state index contributed by atoms with van der Waals surface area (Å²) in [7, 11) is 0. The Kier molecular flexibility index (Phi) is 5.82. The first-order chi connectivity index (χ1) is 12.2. The van der Waals surface area contributed by atoms with Crippen molar-refractivity contribution < 1.29 is 5.11 Å². The van der Waals surface area contributed by atoms with Crippen molar-refractivity contribution in [2.24, 2.45) is 0 Å². The molecule has 0 unspecified atom stereocenters. The van der Waals surface area contributed by atoms with Gasteiger partial charge >= 0.3 is 0 Å². The third-order valence-corrected chi connectivity index (χ3v) is 3.79. The smallest absolute Gasteiger partial charge is 0.225 e. The lowest BCUT2D eigenvalue weighted by molar-refractivity contribution is 0.311. The van der Waals surface area contributed by atoms with Crippen LogP contribution in [0.2, 0.25) is 5.02 Å². The number of aliphatic hydroxyl groups excluding tert-OH is 1. The molecule has 3 N–H and O–H groups in total. The van der Waals surface area contributed by atoms with Crippen LogP contribution in [-0.4, -0.2) is 28.2 Å². The zero-order valence-electron chi connectivity index (χ0n) is 13.6. The highest BCUT2D eigenvalue weighted by atomic mass is 35.5. The van der Waals surface area contributed by atoms with E-state index in [1.807, 2.05) is 60.7 Å². The van der Waals surface area contributed by atoms with Crippen LogP contribution in [0.25, 0.3) is 11.3 Å². The first kappa shape index (κ1) is 17.2. The number of aliphatic hydroxyl groups is 1. The Morgan fingerprint density at radius 3 is 2.52 bits per heavy atom. The fourth-order valence-corrected chi connectivity index (χ4v) is 2.59. The van der Waals surface area contributed by atoms with Crippen molar-refractivity contribution in [3.63, 3.8) is 0 Å². The minimum Gasteiger partial charge on any atom is -0.395 e. The van der Waals surface area contributed by atoms with Gasteiger partial charge in [-0.1, -0.05) is 54.1 Å². The first-order valence-electron chi connectivity index (χ1n) is 8.02. The second-order valence-electron chi connectivity index (χ2n) is 5.46. The van der Waals surface area contributed by atoms with Crippen molar-refractivity contribution in [1.82, 2.24) is 9.97 Å². The highest BCUT2D eigenvalue weighted by Crippen LogP contribution is 2.22. The van der Waals surface area contributed by atoms with Gasteiger partial charge in [0.1, 0.15) is 5.82 Å². The van der Waals surface area contributed by atoms with Gasteiger partial charge in [-0.25, -0.2) is 4.98 Å². The molecule has 25 heavy (non-hydrogen) atoms. The van der Waals surface area contributed by atoms with Crippen LogP contribution in [0, 0.1) is 0 Å². The second-order valence-corrected chi connectivity index (χ2v) is 5.90. The van der Waals surface area contributed by atoms with E-state index >= 15 is 0 Å². The molecule has 0 fully saturated rings. The van der Waals surface area contributed by atoms with Crippen molar-refractivity contribution >= 4 is 23.4 Å². The Labute approximate surface area is 151 Å². The summed E-state index contributed by atoms with van der Waals surface area (Å²) in [5.74, 6) is 1.18. The molecule has 0 spiro atoms. The Balaban J connectivity index is 1.84. The van der Waals surface area contributed by atoms with Gasteiger partial charge in [0.2, 0.25) is 5.95 Å². The number of nitrogens with zero attached hydrogens (tertiary/aromatic N) is 2. The first-order valence-corrected chi connectivity index (χ1v) is 8.40. The SMILES string of the molecule is OCCNc1nc(NCc2cccc(Cl)c2)cc(-c2ccccc2)n1. The van der Waals surface area contributed by atoms with E-state index in [-0.39, 0.29) is 6.61 Å². The Bertz CT molecular complexity index is 827. The van der Waals surface area contributed by atoms with E-state index in [4.69, 9.17) is 16.7 Å². The third kappa shape index (κ3) is 4.92. The predicted molar refractivity (Wildman–Crippen MR) is 102 cm³/mol. The summed E-state index contributed by atoms with van der Waals surface area (Å²) >= 11 is 6.03. The molecule has 0 aliphatic heterocycles. The van der Waals surface area contributed by atoms with E-state index in [9.17, 15) is 0 Å². The van der Waals surface area contributed by atoms with Gasteiger partial charge in [0.25, 0.3) is 0 Å². The molecule has 128 valence electrons. The molecular formula is C19H19ClN4O. The topological polar surface area (TPSA) is 70.1 Å². The molecule has 1 heterocycles. The zero-order valence-corrected chi connectivity index (χ0v) is 14.4. The van der Waals surface area contributed by atoms with Crippen LogP contribution < -0.4 is 10.6 Å². The summed E-state index contributed by atoms with van der Waals surface area (Å²) in [5.41, 5.74) is 2.88. The molecule has 0 atom stereocenters. The fourth-order valence-electron chi connectivity index (χ4n) is 2.38. The Morgan fingerprint density at radius 2 is 1.76 bits per heavy atom. The van der Waals surface area contributed by atoms with E-state index < -0.39 is 0 Å². The summed E-state index contributed by atoms with van der Waals surface area (Å²) in [4.78, 5) is 8.97. The lowest BCUT2D eigenvalue weighted by Crippen LogP contribution is -2.11. The second kappa shape index (κ2) is 8.46. The molecule has 3 rings (SSSR count). The standard InChI is InChI=1S/C19H19ClN4O/c20-16-8-4-5-14(11-16)13-22-18-12-17(15-6-2-1-3-7-15)23-19(24-18)21-9-10-25/h1-8,11-12,25H,9-10,13H2,(H2,21,22,23,24).